The van der Waals surface area contributed by atoms with Gasteiger partial charge < -0.3 is 10.8 Å². The third-order valence-corrected chi connectivity index (χ3v) is 2.14. The van der Waals surface area contributed by atoms with Crippen LogP contribution in [0.2, 0.25) is 0 Å². The van der Waals surface area contributed by atoms with E-state index in [4.69, 9.17) is 10.8 Å². The number of aliphatic carboxylic acids is 1. The molecule has 2 atom stereocenters. The van der Waals surface area contributed by atoms with Gasteiger partial charge in [0.2, 0.25) is 0 Å². The molecule has 70 valence electrons. The molecule has 0 aliphatic carbocycles. The molecule has 0 saturated heterocycles. The maximum Gasteiger partial charge on any atom is 0.320 e. The summed E-state index contributed by atoms with van der Waals surface area (Å²) >= 11 is 0. The largest absolute Gasteiger partial charge is 0.480 e. The van der Waals surface area contributed by atoms with Crippen molar-refractivity contribution in [2.45, 2.75) is 12.5 Å². The first-order chi connectivity index (χ1) is 6.09. The standard InChI is InChI=1S/C9H12NO2P/c10-8(9(11)12)5-6-1-3-7(13)4-2-6/h1-4,8H,5,10,13H2,(H,11,12). The maximum absolute atomic E-state index is 10.4. The summed E-state index contributed by atoms with van der Waals surface area (Å²) in [5.74, 6) is -0.963. The number of hydrogen-bond donors (Lipinski definition) is 2. The minimum absolute atomic E-state index is 0.375. The lowest BCUT2D eigenvalue weighted by Gasteiger charge is -2.05. The van der Waals surface area contributed by atoms with Crippen molar-refractivity contribution in [2.24, 2.45) is 5.73 Å². The predicted octanol–water partition coefficient (Wildman–Crippen LogP) is 0.141. The van der Waals surface area contributed by atoms with Crippen LogP contribution in [0.5, 0.6) is 0 Å². The molecule has 0 bridgehead atoms. The highest BCUT2D eigenvalue weighted by Crippen LogP contribution is 2.02. The smallest absolute Gasteiger partial charge is 0.320 e. The molecular weight excluding hydrogens is 185 g/mol. The first kappa shape index (κ1) is 10.2. The van der Waals surface area contributed by atoms with Gasteiger partial charge >= 0.3 is 5.97 Å². The lowest BCUT2D eigenvalue weighted by molar-refractivity contribution is -0.138. The maximum atomic E-state index is 10.4. The minimum Gasteiger partial charge on any atom is -0.480 e. The third kappa shape index (κ3) is 3.13. The zero-order valence-corrected chi connectivity index (χ0v) is 8.26. The molecule has 4 heteroatoms. The summed E-state index contributed by atoms with van der Waals surface area (Å²) in [6.07, 6.45) is 0.375. The fourth-order valence-corrected chi connectivity index (χ4v) is 1.19. The Bertz CT molecular complexity index is 297. The van der Waals surface area contributed by atoms with Crippen LogP contribution in [-0.4, -0.2) is 17.1 Å². The van der Waals surface area contributed by atoms with E-state index in [1.807, 2.05) is 24.3 Å². The van der Waals surface area contributed by atoms with Crippen molar-refractivity contribution in [1.29, 1.82) is 0 Å². The Balaban J connectivity index is 2.64. The summed E-state index contributed by atoms with van der Waals surface area (Å²) in [6, 6.07) is 6.77. The van der Waals surface area contributed by atoms with Gasteiger partial charge in [0, 0.05) is 0 Å². The van der Waals surface area contributed by atoms with Crippen molar-refractivity contribution in [3.8, 4) is 0 Å². The van der Waals surface area contributed by atoms with E-state index in [-0.39, 0.29) is 0 Å². The Morgan fingerprint density at radius 2 is 2.00 bits per heavy atom. The Morgan fingerprint density at radius 3 is 2.46 bits per heavy atom. The second kappa shape index (κ2) is 4.35. The lowest BCUT2D eigenvalue weighted by Crippen LogP contribution is -2.32. The summed E-state index contributed by atoms with van der Waals surface area (Å²) in [6.45, 7) is 0. The number of benzene rings is 1. The van der Waals surface area contributed by atoms with Crippen LogP contribution >= 0.6 is 9.24 Å². The number of carbonyl (C=O) groups is 1. The summed E-state index contributed by atoms with van der Waals surface area (Å²) in [7, 11) is 2.57. The summed E-state index contributed by atoms with van der Waals surface area (Å²) in [5.41, 5.74) is 6.33. The van der Waals surface area contributed by atoms with E-state index in [2.05, 4.69) is 9.24 Å². The fourth-order valence-electron chi connectivity index (χ4n) is 0.995. The Morgan fingerprint density at radius 1 is 1.46 bits per heavy atom. The van der Waals surface area contributed by atoms with Gasteiger partial charge in [0.1, 0.15) is 6.04 Å². The number of rotatable bonds is 3. The van der Waals surface area contributed by atoms with E-state index in [1.165, 1.54) is 0 Å². The molecule has 0 aromatic heterocycles. The average Bonchev–Trinajstić information content (AvgIpc) is 2.08. The quantitative estimate of drug-likeness (QED) is 0.677. The number of nitrogens with two attached hydrogens (primary N) is 1. The van der Waals surface area contributed by atoms with Gasteiger partial charge in [-0.25, -0.2) is 0 Å². The molecule has 0 amide bonds. The van der Waals surface area contributed by atoms with Crippen LogP contribution in [-0.2, 0) is 11.2 Å². The van der Waals surface area contributed by atoms with Crippen LogP contribution in [0.25, 0.3) is 0 Å². The van der Waals surface area contributed by atoms with Gasteiger partial charge in [-0.3, -0.25) is 4.79 Å². The second-order valence-electron chi connectivity index (χ2n) is 2.89. The minimum atomic E-state index is -0.963. The van der Waals surface area contributed by atoms with Gasteiger partial charge in [0.15, 0.2) is 0 Å². The molecule has 1 rings (SSSR count). The molecule has 0 spiro atoms. The van der Waals surface area contributed by atoms with E-state index in [0.717, 1.165) is 10.9 Å². The molecule has 0 radical (unpaired) electrons. The molecular formula is C9H12NO2P. The molecule has 2 unspecified atom stereocenters. The third-order valence-electron chi connectivity index (χ3n) is 1.75. The molecule has 0 saturated carbocycles. The predicted molar refractivity (Wildman–Crippen MR) is 55.1 cm³/mol. The fraction of sp³-hybridized carbons (Fsp3) is 0.222. The highest BCUT2D eigenvalue weighted by molar-refractivity contribution is 7.27. The van der Waals surface area contributed by atoms with Crippen molar-refractivity contribution in [3.05, 3.63) is 29.8 Å². The lowest BCUT2D eigenvalue weighted by atomic mass is 10.1. The first-order valence-electron chi connectivity index (χ1n) is 3.92. The van der Waals surface area contributed by atoms with Crippen LogP contribution < -0.4 is 11.0 Å². The molecule has 3 nitrogen and oxygen atoms in total. The van der Waals surface area contributed by atoms with Gasteiger partial charge in [-0.1, -0.05) is 24.3 Å². The van der Waals surface area contributed by atoms with Gasteiger partial charge in [-0.2, -0.15) is 0 Å². The summed E-state index contributed by atoms with van der Waals surface area (Å²) in [4.78, 5) is 10.4. The summed E-state index contributed by atoms with van der Waals surface area (Å²) < 4.78 is 0. The average molecular weight is 197 g/mol. The molecule has 0 fully saturated rings. The van der Waals surface area contributed by atoms with Crippen LogP contribution in [0.3, 0.4) is 0 Å². The highest BCUT2D eigenvalue weighted by Gasteiger charge is 2.11. The molecule has 3 N–H and O–H groups in total. The monoisotopic (exact) mass is 197 g/mol. The Labute approximate surface area is 79.2 Å². The molecule has 1 aromatic rings. The number of carboxylic acid groups (broad SMARTS) is 1. The zero-order chi connectivity index (χ0) is 9.84. The Kier molecular flexibility index (Phi) is 3.40. The van der Waals surface area contributed by atoms with Crippen LogP contribution in [0.4, 0.5) is 0 Å². The van der Waals surface area contributed by atoms with E-state index in [9.17, 15) is 4.79 Å². The summed E-state index contributed by atoms with van der Waals surface area (Å²) in [5, 5.41) is 9.65. The van der Waals surface area contributed by atoms with Crippen molar-refractivity contribution in [1.82, 2.24) is 0 Å². The molecule has 1 aromatic carbocycles. The van der Waals surface area contributed by atoms with E-state index < -0.39 is 12.0 Å². The second-order valence-corrected chi connectivity index (χ2v) is 3.56. The van der Waals surface area contributed by atoms with Crippen molar-refractivity contribution in [2.75, 3.05) is 0 Å². The van der Waals surface area contributed by atoms with Crippen LogP contribution in [0, 0.1) is 0 Å². The molecule has 0 aliphatic heterocycles. The van der Waals surface area contributed by atoms with Crippen LogP contribution in [0.1, 0.15) is 5.56 Å². The van der Waals surface area contributed by atoms with Crippen molar-refractivity contribution in [3.63, 3.8) is 0 Å². The van der Waals surface area contributed by atoms with Gasteiger partial charge in [-0.15, -0.1) is 9.24 Å². The molecule has 13 heavy (non-hydrogen) atoms. The van der Waals surface area contributed by atoms with E-state index in [0.29, 0.717) is 6.42 Å². The van der Waals surface area contributed by atoms with Crippen molar-refractivity contribution >= 4 is 20.5 Å². The van der Waals surface area contributed by atoms with Crippen molar-refractivity contribution < 1.29 is 9.90 Å². The Hall–Kier alpha value is -0.920. The topological polar surface area (TPSA) is 63.3 Å². The van der Waals surface area contributed by atoms with Gasteiger partial charge in [0.05, 0.1) is 0 Å². The molecule has 0 aliphatic rings. The SMILES string of the molecule is NC(Cc1ccc(P)cc1)C(=O)O. The molecule has 0 heterocycles. The van der Waals surface area contributed by atoms with E-state index in [1.54, 1.807) is 0 Å². The first-order valence-corrected chi connectivity index (χ1v) is 4.50. The van der Waals surface area contributed by atoms with Gasteiger partial charge in [0.25, 0.3) is 0 Å². The van der Waals surface area contributed by atoms with E-state index >= 15 is 0 Å². The number of carboxylic acids is 1. The number of hydrogen-bond acceptors (Lipinski definition) is 2. The highest BCUT2D eigenvalue weighted by atomic mass is 31.0. The van der Waals surface area contributed by atoms with Gasteiger partial charge in [-0.05, 0) is 17.3 Å². The normalized spacial score (nSPS) is 12.5. The van der Waals surface area contributed by atoms with Crippen LogP contribution in [0.15, 0.2) is 24.3 Å². The zero-order valence-electron chi connectivity index (χ0n) is 7.10.